The van der Waals surface area contributed by atoms with Crippen LogP contribution in [0.15, 0.2) is 11.6 Å². The van der Waals surface area contributed by atoms with Crippen LogP contribution in [-0.2, 0) is 14.3 Å². The Bertz CT molecular complexity index is 464. The second kappa shape index (κ2) is 6.71. The number of carbonyl (C=O) groups is 2. The van der Waals surface area contributed by atoms with E-state index in [4.69, 9.17) is 9.47 Å². The Hall–Kier alpha value is -1.52. The number of esters is 1. The molecule has 5 heteroatoms. The summed E-state index contributed by atoms with van der Waals surface area (Å²) in [4.78, 5) is 25.5. The Morgan fingerprint density at radius 2 is 1.95 bits per heavy atom. The highest BCUT2D eigenvalue weighted by Gasteiger charge is 2.39. The summed E-state index contributed by atoms with van der Waals surface area (Å²) in [6.07, 6.45) is 4.23. The van der Waals surface area contributed by atoms with Crippen LogP contribution in [0.2, 0.25) is 0 Å². The van der Waals surface area contributed by atoms with Crippen molar-refractivity contribution in [2.45, 2.75) is 52.6 Å². The number of amides is 1. The Kier molecular flexibility index (Phi) is 5.14. The summed E-state index contributed by atoms with van der Waals surface area (Å²) in [6.45, 7) is 9.35. The molecule has 0 N–H and O–H groups in total. The molecule has 0 radical (unpaired) electrons. The number of hydrogen-bond acceptors (Lipinski definition) is 4. The van der Waals surface area contributed by atoms with Gasteiger partial charge in [-0.3, -0.25) is 0 Å². The van der Waals surface area contributed by atoms with Gasteiger partial charge >= 0.3 is 12.1 Å². The van der Waals surface area contributed by atoms with Crippen LogP contribution < -0.4 is 0 Å². The van der Waals surface area contributed by atoms with Crippen molar-refractivity contribution in [3.63, 3.8) is 0 Å². The van der Waals surface area contributed by atoms with E-state index >= 15 is 0 Å². The van der Waals surface area contributed by atoms with Crippen LogP contribution in [0.1, 0.15) is 47.0 Å². The topological polar surface area (TPSA) is 55.8 Å². The number of hydrogen-bond donors (Lipinski definition) is 0. The zero-order valence-electron chi connectivity index (χ0n) is 14.1. The summed E-state index contributed by atoms with van der Waals surface area (Å²) >= 11 is 0. The predicted octanol–water partition coefficient (Wildman–Crippen LogP) is 3.14. The standard InChI is InChI=1S/C17H27NO4/c1-5-21-15(19)9-12-6-7-13-10-18(11-14(13)8-12)16(20)22-17(2,3)4/h9,13-14H,5-8,10-11H2,1-4H3. The van der Waals surface area contributed by atoms with E-state index in [1.165, 1.54) is 0 Å². The average molecular weight is 309 g/mol. The van der Waals surface area contributed by atoms with Crippen molar-refractivity contribution in [2.24, 2.45) is 11.8 Å². The number of fused-ring (bicyclic) bond motifs is 1. The van der Waals surface area contributed by atoms with Crippen molar-refractivity contribution in [1.29, 1.82) is 0 Å². The molecule has 1 saturated heterocycles. The van der Waals surface area contributed by atoms with Gasteiger partial charge in [-0.15, -0.1) is 0 Å². The van der Waals surface area contributed by atoms with Crippen LogP contribution in [0.5, 0.6) is 0 Å². The first-order valence-corrected chi connectivity index (χ1v) is 8.12. The first-order valence-electron chi connectivity index (χ1n) is 8.12. The lowest BCUT2D eigenvalue weighted by molar-refractivity contribution is -0.137. The summed E-state index contributed by atoms with van der Waals surface area (Å²) in [5, 5.41) is 0. The maximum atomic E-state index is 12.2. The average Bonchev–Trinajstić information content (AvgIpc) is 2.80. The number of ether oxygens (including phenoxy) is 2. The number of nitrogens with zero attached hydrogens (tertiary/aromatic N) is 1. The van der Waals surface area contributed by atoms with Gasteiger partial charge in [0.25, 0.3) is 0 Å². The van der Waals surface area contributed by atoms with Crippen LogP contribution in [-0.4, -0.2) is 42.3 Å². The van der Waals surface area contributed by atoms with Crippen LogP contribution in [0.3, 0.4) is 0 Å². The van der Waals surface area contributed by atoms with E-state index in [0.717, 1.165) is 37.9 Å². The number of carbonyl (C=O) groups excluding carboxylic acids is 2. The minimum Gasteiger partial charge on any atom is -0.463 e. The number of allylic oxidation sites excluding steroid dienone is 1. The lowest BCUT2D eigenvalue weighted by Gasteiger charge is -2.25. The first-order chi connectivity index (χ1) is 10.3. The highest BCUT2D eigenvalue weighted by molar-refractivity contribution is 5.82. The van der Waals surface area contributed by atoms with E-state index in [1.807, 2.05) is 32.6 Å². The van der Waals surface area contributed by atoms with Crippen molar-refractivity contribution < 1.29 is 19.1 Å². The molecule has 1 amide bonds. The maximum absolute atomic E-state index is 12.2. The van der Waals surface area contributed by atoms with Crippen LogP contribution in [0, 0.1) is 11.8 Å². The molecule has 5 nitrogen and oxygen atoms in total. The van der Waals surface area contributed by atoms with Gasteiger partial charge in [0, 0.05) is 19.2 Å². The SMILES string of the molecule is CCOC(=O)C=C1CCC2CN(C(=O)OC(C)(C)C)CC2C1. The summed E-state index contributed by atoms with van der Waals surface area (Å²) in [5.74, 6) is 0.701. The highest BCUT2D eigenvalue weighted by Crippen LogP contribution is 2.39. The minimum atomic E-state index is -0.459. The molecule has 1 saturated carbocycles. The molecule has 1 aliphatic carbocycles. The van der Waals surface area contributed by atoms with E-state index in [0.29, 0.717) is 18.4 Å². The molecule has 0 aromatic carbocycles. The second-order valence-electron chi connectivity index (χ2n) is 7.20. The summed E-state index contributed by atoms with van der Waals surface area (Å²) in [6, 6.07) is 0. The molecular weight excluding hydrogens is 282 g/mol. The molecule has 2 unspecified atom stereocenters. The third-order valence-electron chi connectivity index (χ3n) is 4.20. The third kappa shape index (κ3) is 4.49. The van der Waals surface area contributed by atoms with E-state index < -0.39 is 5.60 Å². The lowest BCUT2D eigenvalue weighted by atomic mass is 9.79. The number of rotatable bonds is 2. The first kappa shape index (κ1) is 16.8. The third-order valence-corrected chi connectivity index (χ3v) is 4.20. The fourth-order valence-electron chi connectivity index (χ4n) is 3.26. The number of likely N-dealkylation sites (tertiary alicyclic amines) is 1. The van der Waals surface area contributed by atoms with E-state index in [2.05, 4.69) is 0 Å². The van der Waals surface area contributed by atoms with E-state index in [1.54, 1.807) is 6.08 Å². The van der Waals surface area contributed by atoms with Crippen molar-refractivity contribution >= 4 is 12.1 Å². The second-order valence-corrected chi connectivity index (χ2v) is 7.20. The summed E-state index contributed by atoms with van der Waals surface area (Å²) in [7, 11) is 0. The lowest BCUT2D eigenvalue weighted by Crippen LogP contribution is -2.35. The van der Waals surface area contributed by atoms with Gasteiger partial charge in [0.15, 0.2) is 0 Å². The Morgan fingerprint density at radius 1 is 1.27 bits per heavy atom. The van der Waals surface area contributed by atoms with Crippen molar-refractivity contribution in [3.05, 3.63) is 11.6 Å². The fourth-order valence-corrected chi connectivity index (χ4v) is 3.26. The van der Waals surface area contributed by atoms with Gasteiger partial charge in [-0.05, 0) is 58.8 Å². The fraction of sp³-hybridized carbons (Fsp3) is 0.765. The predicted molar refractivity (Wildman–Crippen MR) is 83.4 cm³/mol. The molecule has 0 aromatic heterocycles. The van der Waals surface area contributed by atoms with E-state index in [9.17, 15) is 9.59 Å². The Morgan fingerprint density at radius 3 is 2.59 bits per heavy atom. The van der Waals surface area contributed by atoms with E-state index in [-0.39, 0.29) is 12.1 Å². The molecule has 2 rings (SSSR count). The summed E-state index contributed by atoms with van der Waals surface area (Å²) in [5.41, 5.74) is 0.686. The molecule has 1 aliphatic heterocycles. The van der Waals surface area contributed by atoms with Gasteiger partial charge in [0.1, 0.15) is 5.60 Å². The zero-order valence-corrected chi connectivity index (χ0v) is 14.1. The van der Waals surface area contributed by atoms with Gasteiger partial charge in [0.2, 0.25) is 0 Å². The maximum Gasteiger partial charge on any atom is 0.410 e. The molecule has 0 spiro atoms. The minimum absolute atomic E-state index is 0.224. The zero-order chi connectivity index (χ0) is 16.3. The van der Waals surface area contributed by atoms with Gasteiger partial charge in [-0.1, -0.05) is 5.57 Å². The van der Waals surface area contributed by atoms with Crippen molar-refractivity contribution in [2.75, 3.05) is 19.7 Å². The molecule has 2 fully saturated rings. The molecule has 22 heavy (non-hydrogen) atoms. The largest absolute Gasteiger partial charge is 0.463 e. The van der Waals surface area contributed by atoms with Crippen LogP contribution in [0.4, 0.5) is 4.79 Å². The smallest absolute Gasteiger partial charge is 0.410 e. The molecule has 1 heterocycles. The highest BCUT2D eigenvalue weighted by atomic mass is 16.6. The normalized spacial score (nSPS) is 26.7. The van der Waals surface area contributed by atoms with Gasteiger partial charge in [-0.2, -0.15) is 0 Å². The van der Waals surface area contributed by atoms with Gasteiger partial charge in [-0.25, -0.2) is 9.59 Å². The Balaban J connectivity index is 1.92. The summed E-state index contributed by atoms with van der Waals surface area (Å²) < 4.78 is 10.4. The van der Waals surface area contributed by atoms with Crippen LogP contribution >= 0.6 is 0 Å². The molecular formula is C17H27NO4. The molecule has 0 aromatic rings. The van der Waals surface area contributed by atoms with Gasteiger partial charge < -0.3 is 14.4 Å². The van der Waals surface area contributed by atoms with Gasteiger partial charge in [0.05, 0.1) is 6.61 Å². The van der Waals surface area contributed by atoms with Crippen molar-refractivity contribution in [3.8, 4) is 0 Å². The quantitative estimate of drug-likeness (QED) is 0.581. The molecule has 0 bridgehead atoms. The Labute approximate surface area is 132 Å². The molecule has 124 valence electrons. The molecule has 2 aliphatic rings. The van der Waals surface area contributed by atoms with Crippen LogP contribution in [0.25, 0.3) is 0 Å². The molecule has 2 atom stereocenters. The monoisotopic (exact) mass is 309 g/mol. The van der Waals surface area contributed by atoms with Crippen molar-refractivity contribution in [1.82, 2.24) is 4.90 Å².